The highest BCUT2D eigenvalue weighted by molar-refractivity contribution is 7.80. The van der Waals surface area contributed by atoms with Crippen molar-refractivity contribution in [2.75, 3.05) is 43.8 Å². The van der Waals surface area contributed by atoms with Crippen LogP contribution in [0.3, 0.4) is 0 Å². The number of benzene rings is 1. The molecule has 1 aliphatic carbocycles. The molecule has 10 heteroatoms. The van der Waals surface area contributed by atoms with Crippen LogP contribution in [0.2, 0.25) is 5.02 Å². The second kappa shape index (κ2) is 10.7. The van der Waals surface area contributed by atoms with Crippen molar-refractivity contribution in [3.05, 3.63) is 29.4 Å². The van der Waals surface area contributed by atoms with Gasteiger partial charge in [0, 0.05) is 44.5 Å². The van der Waals surface area contributed by atoms with E-state index in [9.17, 15) is 0 Å². The standard InChI is InChI=1S/C21H29ClN6O2S/c1-28(2)19-9-10-23-20(27-19)24-13-5-7-14(8-6-13)25-21(31)26-16-12-17(29-3)15(22)11-18(16)30-4/h9-14H,5-8H2,1-4H3,(H,23,24,27)(H2,25,26,31)/t13-,14+. The second-order valence-electron chi connectivity index (χ2n) is 7.61. The Morgan fingerprint density at radius 3 is 2.42 bits per heavy atom. The molecule has 0 saturated heterocycles. The Bertz CT molecular complexity index is 905. The minimum atomic E-state index is 0.298. The summed E-state index contributed by atoms with van der Waals surface area (Å²) in [5, 5.41) is 11.1. The zero-order chi connectivity index (χ0) is 22.4. The smallest absolute Gasteiger partial charge is 0.224 e. The summed E-state index contributed by atoms with van der Waals surface area (Å²) in [5.74, 6) is 2.71. The molecule has 0 bridgehead atoms. The van der Waals surface area contributed by atoms with Crippen molar-refractivity contribution >= 4 is 46.4 Å². The number of aromatic nitrogens is 2. The fourth-order valence-electron chi connectivity index (χ4n) is 3.53. The van der Waals surface area contributed by atoms with Crippen LogP contribution in [0.5, 0.6) is 11.5 Å². The van der Waals surface area contributed by atoms with E-state index < -0.39 is 0 Å². The summed E-state index contributed by atoms with van der Waals surface area (Å²) in [5.41, 5.74) is 0.703. The van der Waals surface area contributed by atoms with Gasteiger partial charge in [-0.3, -0.25) is 0 Å². The van der Waals surface area contributed by atoms with Gasteiger partial charge in [-0.2, -0.15) is 4.98 Å². The number of rotatable bonds is 7. The van der Waals surface area contributed by atoms with Gasteiger partial charge in [-0.05, 0) is 44.0 Å². The van der Waals surface area contributed by atoms with Crippen LogP contribution in [0.4, 0.5) is 17.5 Å². The zero-order valence-corrected chi connectivity index (χ0v) is 19.8. The van der Waals surface area contributed by atoms with Gasteiger partial charge >= 0.3 is 0 Å². The minimum Gasteiger partial charge on any atom is -0.495 e. The number of halogens is 1. The molecule has 1 aromatic carbocycles. The highest BCUT2D eigenvalue weighted by atomic mass is 35.5. The average molecular weight is 465 g/mol. The second-order valence-corrected chi connectivity index (χ2v) is 8.43. The molecule has 3 N–H and O–H groups in total. The molecule has 31 heavy (non-hydrogen) atoms. The first kappa shape index (κ1) is 23.1. The van der Waals surface area contributed by atoms with Crippen molar-refractivity contribution in [3.8, 4) is 11.5 Å². The van der Waals surface area contributed by atoms with Gasteiger partial charge in [-0.15, -0.1) is 0 Å². The van der Waals surface area contributed by atoms with Crippen LogP contribution in [0, 0.1) is 0 Å². The van der Waals surface area contributed by atoms with Gasteiger partial charge in [-0.25, -0.2) is 4.98 Å². The lowest BCUT2D eigenvalue weighted by Crippen LogP contribution is -2.42. The van der Waals surface area contributed by atoms with Crippen LogP contribution in [-0.4, -0.2) is 55.5 Å². The van der Waals surface area contributed by atoms with E-state index in [1.807, 2.05) is 25.1 Å². The average Bonchev–Trinajstić information content (AvgIpc) is 2.76. The fourth-order valence-corrected chi connectivity index (χ4v) is 4.04. The number of nitrogens with zero attached hydrogens (tertiary/aromatic N) is 3. The number of hydrogen-bond acceptors (Lipinski definition) is 7. The topological polar surface area (TPSA) is 83.6 Å². The normalized spacial score (nSPS) is 18.1. The van der Waals surface area contributed by atoms with Crippen LogP contribution >= 0.6 is 23.8 Å². The maximum atomic E-state index is 6.17. The SMILES string of the molecule is COc1cc(NC(=S)N[C@H]2CC[C@@H](Nc3nccc(N(C)C)n3)CC2)c(OC)cc1Cl. The van der Waals surface area contributed by atoms with E-state index in [2.05, 4.69) is 25.9 Å². The Balaban J connectivity index is 1.51. The molecule has 1 aliphatic rings. The molecule has 168 valence electrons. The van der Waals surface area contributed by atoms with Gasteiger partial charge < -0.3 is 30.3 Å². The Morgan fingerprint density at radius 1 is 1.10 bits per heavy atom. The first-order valence-corrected chi connectivity index (χ1v) is 10.9. The van der Waals surface area contributed by atoms with Crippen molar-refractivity contribution in [2.24, 2.45) is 0 Å². The lowest BCUT2D eigenvalue weighted by atomic mass is 9.91. The Kier molecular flexibility index (Phi) is 7.97. The van der Waals surface area contributed by atoms with E-state index in [0.29, 0.717) is 45.4 Å². The molecule has 1 saturated carbocycles. The Morgan fingerprint density at radius 2 is 1.77 bits per heavy atom. The van der Waals surface area contributed by atoms with Crippen molar-refractivity contribution in [1.29, 1.82) is 0 Å². The molecular formula is C21H29ClN6O2S. The van der Waals surface area contributed by atoms with Crippen LogP contribution in [0.25, 0.3) is 0 Å². The van der Waals surface area contributed by atoms with Crippen LogP contribution in [0.15, 0.2) is 24.4 Å². The van der Waals surface area contributed by atoms with Crippen molar-refractivity contribution in [2.45, 2.75) is 37.8 Å². The Labute approximate surface area is 193 Å². The predicted octanol–water partition coefficient (Wildman–Crippen LogP) is 3.92. The third-order valence-corrected chi connectivity index (χ3v) is 5.73. The van der Waals surface area contributed by atoms with Gasteiger partial charge in [0.05, 0.1) is 24.9 Å². The number of nitrogens with one attached hydrogen (secondary N) is 3. The highest BCUT2D eigenvalue weighted by Crippen LogP contribution is 2.35. The van der Waals surface area contributed by atoms with Crippen molar-refractivity contribution in [3.63, 3.8) is 0 Å². The van der Waals surface area contributed by atoms with E-state index in [1.54, 1.807) is 32.5 Å². The third kappa shape index (κ3) is 6.24. The molecule has 0 radical (unpaired) electrons. The Hall–Kier alpha value is -2.52. The molecule has 0 aliphatic heterocycles. The number of methoxy groups -OCH3 is 2. The van der Waals surface area contributed by atoms with Crippen molar-refractivity contribution in [1.82, 2.24) is 15.3 Å². The summed E-state index contributed by atoms with van der Waals surface area (Å²) in [4.78, 5) is 10.8. The van der Waals surface area contributed by atoms with Gasteiger partial charge in [0.1, 0.15) is 17.3 Å². The van der Waals surface area contributed by atoms with Gasteiger partial charge in [0.25, 0.3) is 0 Å². The maximum absolute atomic E-state index is 6.17. The molecule has 0 atom stereocenters. The van der Waals surface area contributed by atoms with Gasteiger partial charge in [0.15, 0.2) is 5.11 Å². The summed E-state index contributed by atoms with van der Waals surface area (Å²) in [7, 11) is 7.10. The molecule has 0 amide bonds. The largest absolute Gasteiger partial charge is 0.495 e. The van der Waals surface area contributed by atoms with Crippen LogP contribution in [-0.2, 0) is 0 Å². The molecule has 1 aromatic heterocycles. The zero-order valence-electron chi connectivity index (χ0n) is 18.2. The van der Waals surface area contributed by atoms with Gasteiger partial charge in [-0.1, -0.05) is 11.6 Å². The molecular weight excluding hydrogens is 436 g/mol. The molecule has 2 aromatic rings. The summed E-state index contributed by atoms with van der Waals surface area (Å²) in [6, 6.07) is 6.02. The fraction of sp³-hybridized carbons (Fsp3) is 0.476. The van der Waals surface area contributed by atoms with Gasteiger partial charge in [0.2, 0.25) is 5.95 Å². The summed E-state index contributed by atoms with van der Waals surface area (Å²) >= 11 is 11.7. The van der Waals surface area contributed by atoms with E-state index in [0.717, 1.165) is 31.5 Å². The molecule has 1 heterocycles. The predicted molar refractivity (Wildman–Crippen MR) is 130 cm³/mol. The molecule has 3 rings (SSSR count). The molecule has 1 fully saturated rings. The van der Waals surface area contributed by atoms with E-state index in [4.69, 9.17) is 33.3 Å². The first-order chi connectivity index (χ1) is 14.9. The van der Waals surface area contributed by atoms with E-state index in [1.165, 1.54) is 0 Å². The van der Waals surface area contributed by atoms with Crippen LogP contribution < -0.4 is 30.3 Å². The third-order valence-electron chi connectivity index (χ3n) is 5.22. The molecule has 0 spiro atoms. The number of thiocarbonyl (C=S) groups is 1. The lowest BCUT2D eigenvalue weighted by molar-refractivity contribution is 0.387. The lowest BCUT2D eigenvalue weighted by Gasteiger charge is -2.30. The number of hydrogen-bond donors (Lipinski definition) is 3. The maximum Gasteiger partial charge on any atom is 0.224 e. The first-order valence-electron chi connectivity index (χ1n) is 10.2. The number of anilines is 3. The molecule has 0 unspecified atom stereocenters. The summed E-state index contributed by atoms with van der Waals surface area (Å²) < 4.78 is 10.7. The quantitative estimate of drug-likeness (QED) is 0.528. The van der Waals surface area contributed by atoms with E-state index >= 15 is 0 Å². The van der Waals surface area contributed by atoms with Crippen molar-refractivity contribution < 1.29 is 9.47 Å². The van der Waals surface area contributed by atoms with E-state index in [-0.39, 0.29) is 0 Å². The highest BCUT2D eigenvalue weighted by Gasteiger charge is 2.22. The molecule has 8 nitrogen and oxygen atoms in total. The summed E-state index contributed by atoms with van der Waals surface area (Å²) in [6.07, 6.45) is 5.78. The van der Waals surface area contributed by atoms with Crippen LogP contribution in [0.1, 0.15) is 25.7 Å². The monoisotopic (exact) mass is 464 g/mol. The number of ether oxygens (including phenoxy) is 2. The summed E-state index contributed by atoms with van der Waals surface area (Å²) in [6.45, 7) is 0. The minimum absolute atomic E-state index is 0.298.